The number of likely N-dealkylation sites (tertiary alicyclic amines) is 1. The van der Waals surface area contributed by atoms with Gasteiger partial charge in [0, 0.05) is 41.1 Å². The Morgan fingerprint density at radius 2 is 1.58 bits per heavy atom. The number of aryl methyl sites for hydroxylation is 1. The van der Waals surface area contributed by atoms with Gasteiger partial charge in [0.1, 0.15) is 0 Å². The van der Waals surface area contributed by atoms with E-state index in [0.717, 1.165) is 24.1 Å². The summed E-state index contributed by atoms with van der Waals surface area (Å²) in [6, 6.07) is 21.2. The summed E-state index contributed by atoms with van der Waals surface area (Å²) in [5.41, 5.74) is 3.03. The number of halogens is 1. The molecule has 3 aromatic rings. The molecule has 2 N–H and O–H groups in total. The third kappa shape index (κ3) is 5.86. The number of anilines is 2. The van der Waals surface area contributed by atoms with Crippen LogP contribution >= 0.6 is 11.6 Å². The van der Waals surface area contributed by atoms with Gasteiger partial charge in [-0.05, 0) is 74.4 Å². The third-order valence-corrected chi connectivity index (χ3v) is 7.33. The monoisotopic (exact) mass is 483 g/mol. The Balaban J connectivity index is 1.31. The van der Waals surface area contributed by atoms with Crippen molar-refractivity contribution >= 4 is 38.9 Å². The highest BCUT2D eigenvalue weighted by Crippen LogP contribution is 2.22. The number of nitrogens with zero attached hydrogens (tertiary/aromatic N) is 1. The minimum absolute atomic E-state index is 0.00108. The number of sulfonamides is 1. The zero-order chi connectivity index (χ0) is 23.4. The average molecular weight is 484 g/mol. The number of nitrogens with one attached hydrogen (secondary N) is 2. The van der Waals surface area contributed by atoms with E-state index in [9.17, 15) is 13.2 Å². The molecule has 1 heterocycles. The summed E-state index contributed by atoms with van der Waals surface area (Å²) in [5, 5.41) is 4.04. The molecule has 1 aliphatic heterocycles. The van der Waals surface area contributed by atoms with Crippen molar-refractivity contribution in [1.29, 1.82) is 0 Å². The number of carbonyl (C=O) groups is 1. The molecular formula is C25H26ClN3O3S. The van der Waals surface area contributed by atoms with E-state index < -0.39 is 10.0 Å². The van der Waals surface area contributed by atoms with Crippen LogP contribution in [-0.2, 0) is 10.0 Å². The van der Waals surface area contributed by atoms with E-state index in [1.807, 2.05) is 24.0 Å². The van der Waals surface area contributed by atoms with Crippen LogP contribution in [0, 0.1) is 6.92 Å². The third-order valence-electron chi connectivity index (χ3n) is 5.69. The Kier molecular flexibility index (Phi) is 6.91. The quantitative estimate of drug-likeness (QED) is 0.507. The molecule has 0 bridgehead atoms. The fourth-order valence-electron chi connectivity index (χ4n) is 3.83. The molecule has 0 radical (unpaired) electrons. The summed E-state index contributed by atoms with van der Waals surface area (Å²) in [7, 11) is -3.63. The number of carbonyl (C=O) groups excluding carboxylic acids is 1. The van der Waals surface area contributed by atoms with Gasteiger partial charge in [-0.3, -0.25) is 9.52 Å². The summed E-state index contributed by atoms with van der Waals surface area (Å²) in [6.45, 7) is 3.24. The summed E-state index contributed by atoms with van der Waals surface area (Å²) in [5.74, 6) is 0.00108. The predicted octanol–water partition coefficient (Wildman–Crippen LogP) is 5.17. The van der Waals surface area contributed by atoms with Crippen molar-refractivity contribution in [2.24, 2.45) is 0 Å². The van der Waals surface area contributed by atoms with Crippen molar-refractivity contribution in [3.8, 4) is 0 Å². The van der Waals surface area contributed by atoms with Crippen molar-refractivity contribution in [3.63, 3.8) is 0 Å². The van der Waals surface area contributed by atoms with Crippen LogP contribution in [0.1, 0.15) is 28.8 Å². The fourth-order valence-corrected chi connectivity index (χ4v) is 5.08. The summed E-state index contributed by atoms with van der Waals surface area (Å²) >= 11 is 6.01. The standard InChI is InChI=1S/C25H26ClN3O3S/c1-18-5-11-24(12-6-18)33(31,32)28-23-9-7-21(8-10-23)27-22-13-15-29(16-14-22)25(30)19-3-2-4-20(26)17-19/h2-12,17,22,27-28H,13-16H2,1H3. The maximum Gasteiger partial charge on any atom is 0.261 e. The van der Waals surface area contributed by atoms with Crippen LogP contribution in [0.4, 0.5) is 11.4 Å². The van der Waals surface area contributed by atoms with Crippen LogP contribution in [0.5, 0.6) is 0 Å². The molecule has 0 unspecified atom stereocenters. The number of rotatable bonds is 6. The summed E-state index contributed by atoms with van der Waals surface area (Å²) in [4.78, 5) is 14.8. The molecule has 3 aromatic carbocycles. The lowest BCUT2D eigenvalue weighted by atomic mass is 10.0. The Labute approximate surface area is 199 Å². The van der Waals surface area contributed by atoms with Gasteiger partial charge in [0.05, 0.1) is 4.90 Å². The van der Waals surface area contributed by atoms with E-state index in [2.05, 4.69) is 10.0 Å². The van der Waals surface area contributed by atoms with Gasteiger partial charge in [-0.1, -0.05) is 35.4 Å². The minimum Gasteiger partial charge on any atom is -0.382 e. The first-order valence-electron chi connectivity index (χ1n) is 10.8. The number of benzene rings is 3. The van der Waals surface area contributed by atoms with E-state index >= 15 is 0 Å². The number of hydrogen-bond acceptors (Lipinski definition) is 4. The first-order valence-corrected chi connectivity index (χ1v) is 12.7. The second-order valence-electron chi connectivity index (χ2n) is 8.22. The van der Waals surface area contributed by atoms with Gasteiger partial charge in [-0.25, -0.2) is 8.42 Å². The SMILES string of the molecule is Cc1ccc(S(=O)(=O)Nc2ccc(NC3CCN(C(=O)c4cccc(Cl)c4)CC3)cc2)cc1. The topological polar surface area (TPSA) is 78.5 Å². The van der Waals surface area contributed by atoms with Crippen LogP contribution < -0.4 is 10.0 Å². The second kappa shape index (κ2) is 9.85. The number of hydrogen-bond donors (Lipinski definition) is 2. The van der Waals surface area contributed by atoms with Crippen LogP contribution in [0.2, 0.25) is 5.02 Å². The van der Waals surface area contributed by atoms with Crippen molar-refractivity contribution in [2.45, 2.75) is 30.7 Å². The van der Waals surface area contributed by atoms with Crippen LogP contribution in [-0.4, -0.2) is 38.4 Å². The van der Waals surface area contributed by atoms with Gasteiger partial charge < -0.3 is 10.2 Å². The molecule has 172 valence electrons. The first kappa shape index (κ1) is 23.1. The molecule has 1 fully saturated rings. The lowest BCUT2D eigenvalue weighted by molar-refractivity contribution is 0.0718. The predicted molar refractivity (Wildman–Crippen MR) is 132 cm³/mol. The molecule has 6 nitrogen and oxygen atoms in total. The molecule has 1 aliphatic rings. The Morgan fingerprint density at radius 1 is 0.939 bits per heavy atom. The van der Waals surface area contributed by atoms with Crippen molar-refractivity contribution < 1.29 is 13.2 Å². The van der Waals surface area contributed by atoms with Gasteiger partial charge >= 0.3 is 0 Å². The lowest BCUT2D eigenvalue weighted by Crippen LogP contribution is -2.42. The highest BCUT2D eigenvalue weighted by Gasteiger charge is 2.23. The Morgan fingerprint density at radius 3 is 2.21 bits per heavy atom. The smallest absolute Gasteiger partial charge is 0.261 e. The van der Waals surface area contributed by atoms with Gasteiger partial charge in [-0.15, -0.1) is 0 Å². The molecule has 1 amide bonds. The highest BCUT2D eigenvalue weighted by molar-refractivity contribution is 7.92. The minimum atomic E-state index is -3.63. The molecule has 4 rings (SSSR count). The first-order chi connectivity index (χ1) is 15.8. The van der Waals surface area contributed by atoms with Crippen LogP contribution in [0.3, 0.4) is 0 Å². The van der Waals surface area contributed by atoms with Gasteiger partial charge in [0.2, 0.25) is 0 Å². The lowest BCUT2D eigenvalue weighted by Gasteiger charge is -2.33. The Bertz CT molecular complexity index is 1220. The molecule has 0 spiro atoms. The van der Waals surface area contributed by atoms with Crippen molar-refractivity contribution in [1.82, 2.24) is 4.90 Å². The van der Waals surface area contributed by atoms with Gasteiger partial charge in [0.15, 0.2) is 0 Å². The fraction of sp³-hybridized carbons (Fsp3) is 0.240. The normalized spacial score (nSPS) is 14.7. The van der Waals surface area contributed by atoms with Crippen molar-refractivity contribution in [3.05, 3.63) is 88.9 Å². The Hall–Kier alpha value is -3.03. The van der Waals surface area contributed by atoms with Gasteiger partial charge in [0.25, 0.3) is 15.9 Å². The molecule has 8 heteroatoms. The molecular weight excluding hydrogens is 458 g/mol. The van der Waals surface area contributed by atoms with E-state index in [-0.39, 0.29) is 16.8 Å². The summed E-state index contributed by atoms with van der Waals surface area (Å²) in [6.07, 6.45) is 1.65. The number of amides is 1. The van der Waals surface area contributed by atoms with E-state index in [1.165, 1.54) is 0 Å². The maximum atomic E-state index is 12.7. The van der Waals surface area contributed by atoms with Crippen LogP contribution in [0.25, 0.3) is 0 Å². The molecule has 33 heavy (non-hydrogen) atoms. The molecule has 0 saturated carbocycles. The number of piperidine rings is 1. The highest BCUT2D eigenvalue weighted by atomic mass is 35.5. The average Bonchev–Trinajstić information content (AvgIpc) is 2.80. The second-order valence-corrected chi connectivity index (χ2v) is 10.3. The van der Waals surface area contributed by atoms with Crippen molar-refractivity contribution in [2.75, 3.05) is 23.1 Å². The van der Waals surface area contributed by atoms with E-state index in [1.54, 1.807) is 60.7 Å². The molecule has 0 aliphatic carbocycles. The maximum absolute atomic E-state index is 12.7. The largest absolute Gasteiger partial charge is 0.382 e. The van der Waals surface area contributed by atoms with E-state index in [0.29, 0.717) is 29.4 Å². The van der Waals surface area contributed by atoms with E-state index in [4.69, 9.17) is 11.6 Å². The summed E-state index contributed by atoms with van der Waals surface area (Å²) < 4.78 is 27.7. The van der Waals surface area contributed by atoms with Gasteiger partial charge in [-0.2, -0.15) is 0 Å². The zero-order valence-corrected chi connectivity index (χ0v) is 19.9. The molecule has 1 saturated heterocycles. The zero-order valence-electron chi connectivity index (χ0n) is 18.3. The molecule has 0 atom stereocenters. The van der Waals surface area contributed by atoms with Crippen LogP contribution in [0.15, 0.2) is 77.7 Å². The molecule has 0 aromatic heterocycles.